The van der Waals surface area contributed by atoms with Crippen molar-refractivity contribution in [1.29, 1.82) is 0 Å². The van der Waals surface area contributed by atoms with E-state index in [1.165, 1.54) is 6.42 Å². The third-order valence-electron chi connectivity index (χ3n) is 3.66. The van der Waals surface area contributed by atoms with E-state index < -0.39 is 0 Å². The molecule has 0 aromatic carbocycles. The monoisotopic (exact) mass is 279 g/mol. The summed E-state index contributed by atoms with van der Waals surface area (Å²) in [7, 11) is 3.87. The average Bonchev–Trinajstić information content (AvgIpc) is 2.35. The molecule has 2 rings (SSSR count). The molecule has 1 N–H and O–H groups in total. The summed E-state index contributed by atoms with van der Waals surface area (Å²) in [6.07, 6.45) is 3.55. The molecular weight excluding hydrogens is 254 g/mol. The van der Waals surface area contributed by atoms with Crippen LogP contribution >= 0.6 is 0 Å². The Hall–Kier alpha value is -1.43. The van der Waals surface area contributed by atoms with Gasteiger partial charge in [-0.25, -0.2) is 0 Å². The molecule has 6 nitrogen and oxygen atoms in total. The molecule has 1 heterocycles. The predicted octanol–water partition coefficient (Wildman–Crippen LogP) is 1.41. The van der Waals surface area contributed by atoms with Crippen LogP contribution in [0.25, 0.3) is 0 Å². The number of hydrogen-bond donors (Lipinski definition) is 1. The zero-order valence-corrected chi connectivity index (χ0v) is 12.9. The van der Waals surface area contributed by atoms with Crippen LogP contribution in [0.1, 0.15) is 44.9 Å². The van der Waals surface area contributed by atoms with Gasteiger partial charge in [-0.3, -0.25) is 0 Å². The number of aromatic nitrogens is 3. The van der Waals surface area contributed by atoms with Crippen molar-refractivity contribution in [3.8, 4) is 0 Å². The topological polar surface area (TPSA) is 65.4 Å². The van der Waals surface area contributed by atoms with Crippen molar-refractivity contribution in [2.75, 3.05) is 37.0 Å². The van der Waals surface area contributed by atoms with Gasteiger partial charge in [-0.1, -0.05) is 13.8 Å². The predicted molar refractivity (Wildman–Crippen MR) is 80.3 cm³/mol. The van der Waals surface area contributed by atoms with Crippen molar-refractivity contribution >= 4 is 11.9 Å². The van der Waals surface area contributed by atoms with Crippen LogP contribution in [0.4, 0.5) is 11.9 Å². The molecule has 1 aliphatic rings. The van der Waals surface area contributed by atoms with Crippen LogP contribution in [0, 0.1) is 0 Å². The second kappa shape index (κ2) is 6.35. The van der Waals surface area contributed by atoms with Gasteiger partial charge in [0.05, 0.1) is 6.61 Å². The van der Waals surface area contributed by atoms with Gasteiger partial charge in [0.25, 0.3) is 0 Å². The van der Waals surface area contributed by atoms with E-state index in [-0.39, 0.29) is 12.5 Å². The molecule has 1 aliphatic carbocycles. The van der Waals surface area contributed by atoms with E-state index >= 15 is 0 Å². The van der Waals surface area contributed by atoms with Crippen LogP contribution in [0.3, 0.4) is 0 Å². The van der Waals surface area contributed by atoms with Crippen LogP contribution < -0.4 is 9.80 Å². The number of rotatable bonds is 6. The molecule has 0 amide bonds. The lowest BCUT2D eigenvalue weighted by atomic mass is 9.92. The lowest BCUT2D eigenvalue weighted by Gasteiger charge is -2.37. The van der Waals surface area contributed by atoms with Gasteiger partial charge < -0.3 is 14.9 Å². The first-order valence-corrected chi connectivity index (χ1v) is 7.33. The van der Waals surface area contributed by atoms with Crippen molar-refractivity contribution in [2.45, 2.75) is 45.1 Å². The molecule has 0 radical (unpaired) electrons. The lowest BCUT2D eigenvalue weighted by molar-refractivity contribution is 0.282. The van der Waals surface area contributed by atoms with Crippen molar-refractivity contribution in [3.63, 3.8) is 0 Å². The maximum atomic E-state index is 9.30. The largest absolute Gasteiger partial charge is 0.395 e. The van der Waals surface area contributed by atoms with Gasteiger partial charge in [0.15, 0.2) is 0 Å². The van der Waals surface area contributed by atoms with E-state index in [1.807, 2.05) is 19.0 Å². The van der Waals surface area contributed by atoms with Crippen molar-refractivity contribution in [3.05, 3.63) is 5.82 Å². The second-order valence-corrected chi connectivity index (χ2v) is 5.84. The highest BCUT2D eigenvalue weighted by Crippen LogP contribution is 2.28. The summed E-state index contributed by atoms with van der Waals surface area (Å²) in [5, 5.41) is 9.30. The highest BCUT2D eigenvalue weighted by atomic mass is 16.3. The Balaban J connectivity index is 2.36. The fraction of sp³-hybridized carbons (Fsp3) is 0.786. The van der Waals surface area contributed by atoms with Gasteiger partial charge >= 0.3 is 0 Å². The molecule has 0 spiro atoms. The van der Waals surface area contributed by atoms with Gasteiger partial charge in [0.1, 0.15) is 5.82 Å². The van der Waals surface area contributed by atoms with Gasteiger partial charge in [-0.05, 0) is 19.3 Å². The Morgan fingerprint density at radius 2 is 1.80 bits per heavy atom. The van der Waals surface area contributed by atoms with Crippen LogP contribution in [0.15, 0.2) is 0 Å². The Morgan fingerprint density at radius 3 is 2.25 bits per heavy atom. The molecule has 0 unspecified atom stereocenters. The fourth-order valence-corrected chi connectivity index (χ4v) is 2.21. The number of hydrogen-bond acceptors (Lipinski definition) is 6. The number of aliphatic hydroxyl groups excluding tert-OH is 1. The highest BCUT2D eigenvalue weighted by Gasteiger charge is 2.27. The summed E-state index contributed by atoms with van der Waals surface area (Å²) in [4.78, 5) is 17.7. The summed E-state index contributed by atoms with van der Waals surface area (Å²) >= 11 is 0. The molecule has 1 saturated carbocycles. The van der Waals surface area contributed by atoms with E-state index in [4.69, 9.17) is 0 Å². The minimum Gasteiger partial charge on any atom is -0.395 e. The quantitative estimate of drug-likeness (QED) is 0.849. The number of aliphatic hydroxyl groups is 1. The lowest BCUT2D eigenvalue weighted by Crippen LogP contribution is -2.43. The Morgan fingerprint density at radius 1 is 1.15 bits per heavy atom. The second-order valence-electron chi connectivity index (χ2n) is 5.84. The Bertz CT molecular complexity index is 419. The first-order chi connectivity index (χ1) is 9.52. The van der Waals surface area contributed by atoms with E-state index in [0.717, 1.165) is 18.7 Å². The molecule has 20 heavy (non-hydrogen) atoms. The van der Waals surface area contributed by atoms with E-state index in [2.05, 4.69) is 33.7 Å². The Labute approximate surface area is 120 Å². The molecule has 112 valence electrons. The van der Waals surface area contributed by atoms with Crippen LogP contribution in [-0.4, -0.2) is 53.3 Å². The fourth-order valence-electron chi connectivity index (χ4n) is 2.21. The molecule has 0 atom stereocenters. The number of nitrogens with zero attached hydrogens (tertiary/aromatic N) is 5. The molecule has 1 aromatic heterocycles. The minimum atomic E-state index is 0.122. The highest BCUT2D eigenvalue weighted by molar-refractivity contribution is 5.40. The van der Waals surface area contributed by atoms with Crippen LogP contribution in [-0.2, 0) is 0 Å². The van der Waals surface area contributed by atoms with E-state index in [1.54, 1.807) is 0 Å². The van der Waals surface area contributed by atoms with Gasteiger partial charge in [-0.15, -0.1) is 0 Å². The Kier molecular flexibility index (Phi) is 4.75. The average molecular weight is 279 g/mol. The first-order valence-electron chi connectivity index (χ1n) is 7.33. The molecule has 0 aliphatic heterocycles. The summed E-state index contributed by atoms with van der Waals surface area (Å²) in [6.45, 7) is 4.87. The summed E-state index contributed by atoms with van der Waals surface area (Å²) in [6, 6.07) is 0.458. The zero-order valence-electron chi connectivity index (χ0n) is 12.9. The van der Waals surface area contributed by atoms with Crippen molar-refractivity contribution < 1.29 is 5.11 Å². The van der Waals surface area contributed by atoms with E-state index in [9.17, 15) is 5.11 Å². The van der Waals surface area contributed by atoms with Crippen molar-refractivity contribution in [1.82, 2.24) is 15.0 Å². The minimum absolute atomic E-state index is 0.122. The molecule has 1 aromatic rings. The third-order valence-corrected chi connectivity index (χ3v) is 3.66. The summed E-state index contributed by atoms with van der Waals surface area (Å²) in [5.41, 5.74) is 0. The molecule has 0 saturated heterocycles. The van der Waals surface area contributed by atoms with Crippen LogP contribution in [0.2, 0.25) is 0 Å². The standard InChI is InChI=1S/C14H25N5O/c1-10(2)12-15-13(18(3)4)17-14(16-12)19(8-9-20)11-6-5-7-11/h10-11,20H,5-9H2,1-4H3. The van der Waals surface area contributed by atoms with Crippen molar-refractivity contribution in [2.24, 2.45) is 0 Å². The normalized spacial score (nSPS) is 15.3. The maximum Gasteiger partial charge on any atom is 0.230 e. The molecular formula is C14H25N5O. The smallest absolute Gasteiger partial charge is 0.230 e. The van der Waals surface area contributed by atoms with E-state index in [0.29, 0.717) is 24.5 Å². The molecule has 1 fully saturated rings. The first kappa shape index (κ1) is 15.0. The number of anilines is 2. The summed E-state index contributed by atoms with van der Waals surface area (Å²) < 4.78 is 0. The maximum absolute atomic E-state index is 9.30. The van der Waals surface area contributed by atoms with Gasteiger partial charge in [0, 0.05) is 32.6 Å². The van der Waals surface area contributed by atoms with Gasteiger partial charge in [0.2, 0.25) is 11.9 Å². The summed E-state index contributed by atoms with van der Waals surface area (Å²) in [5.74, 6) is 2.45. The molecule has 6 heteroatoms. The third kappa shape index (κ3) is 3.17. The zero-order chi connectivity index (χ0) is 14.7. The van der Waals surface area contributed by atoms with Gasteiger partial charge in [-0.2, -0.15) is 15.0 Å². The molecule has 0 bridgehead atoms. The van der Waals surface area contributed by atoms with Crippen LogP contribution in [0.5, 0.6) is 0 Å². The SMILES string of the molecule is CC(C)c1nc(N(C)C)nc(N(CCO)C2CCC2)n1.